The molecule has 0 aliphatic rings. The Labute approximate surface area is 124 Å². The van der Waals surface area contributed by atoms with E-state index in [4.69, 9.17) is 0 Å². The maximum atomic E-state index is 13.5. The maximum Gasteiger partial charge on any atom is 0.286 e. The molecule has 2 rings (SSSR count). The number of aromatic amines is 1. The highest BCUT2D eigenvalue weighted by Crippen LogP contribution is 2.21. The van der Waals surface area contributed by atoms with Crippen molar-refractivity contribution in [3.8, 4) is 0 Å². The first kappa shape index (κ1) is 18.8. The summed E-state index contributed by atoms with van der Waals surface area (Å²) in [5.74, 6) is -1.46. The second kappa shape index (κ2) is 9.69. The fourth-order valence-electron chi connectivity index (χ4n) is 1.42. The number of H-pyrrole nitrogens is 1. The Hall–Kier alpha value is -2.17. The molecule has 0 atom stereocenters. The number of aromatic nitrogens is 1. The molecule has 1 aromatic heterocycles. The van der Waals surface area contributed by atoms with Crippen LogP contribution in [0.15, 0.2) is 35.3 Å². The molecule has 2 aromatic rings. The molecule has 0 amide bonds. The van der Waals surface area contributed by atoms with E-state index in [-0.39, 0.29) is 11.4 Å². The topological polar surface area (TPSA) is 44.9 Å². The summed E-state index contributed by atoms with van der Waals surface area (Å²) in [5, 5.41) is 2.54. The van der Waals surface area contributed by atoms with Gasteiger partial charge in [-0.2, -0.15) is 4.39 Å². The van der Waals surface area contributed by atoms with Crippen LogP contribution in [-0.2, 0) is 0 Å². The lowest BCUT2D eigenvalue weighted by Gasteiger charge is -2.08. The van der Waals surface area contributed by atoms with E-state index in [1.54, 1.807) is 13.0 Å². The molecule has 0 radical (unpaired) electrons. The quantitative estimate of drug-likeness (QED) is 0.839. The molecule has 3 nitrogen and oxygen atoms in total. The summed E-state index contributed by atoms with van der Waals surface area (Å²) in [6.07, 6.45) is 1.29. The monoisotopic (exact) mass is 296 g/mol. The van der Waals surface area contributed by atoms with E-state index in [0.717, 1.165) is 5.56 Å². The van der Waals surface area contributed by atoms with E-state index in [9.17, 15) is 13.6 Å². The summed E-state index contributed by atoms with van der Waals surface area (Å²) in [6, 6.07) is 5.84. The van der Waals surface area contributed by atoms with Crippen LogP contribution in [0.25, 0.3) is 0 Å². The second-order valence-electron chi connectivity index (χ2n) is 3.64. The molecule has 1 heterocycles. The average molecular weight is 296 g/mol. The number of aryl methyl sites for hydroxylation is 1. The van der Waals surface area contributed by atoms with Crippen molar-refractivity contribution in [3.63, 3.8) is 0 Å². The van der Waals surface area contributed by atoms with Crippen molar-refractivity contribution in [2.24, 2.45) is 0 Å². The number of pyridine rings is 1. The van der Waals surface area contributed by atoms with Crippen molar-refractivity contribution < 1.29 is 8.78 Å². The Kier molecular flexibility index (Phi) is 8.69. The normalized spacial score (nSPS) is 8.90. The van der Waals surface area contributed by atoms with E-state index >= 15 is 0 Å². The minimum Gasteiger partial charge on any atom is -0.351 e. The molecular weight excluding hydrogens is 274 g/mol. The van der Waals surface area contributed by atoms with Gasteiger partial charge in [-0.3, -0.25) is 4.79 Å². The number of hydrogen-bond acceptors (Lipinski definition) is 2. The van der Waals surface area contributed by atoms with Gasteiger partial charge in [-0.1, -0.05) is 33.8 Å². The highest BCUT2D eigenvalue weighted by molar-refractivity contribution is 5.60. The van der Waals surface area contributed by atoms with Crippen molar-refractivity contribution in [1.82, 2.24) is 4.98 Å². The molecule has 5 heteroatoms. The third-order valence-electron chi connectivity index (χ3n) is 2.29. The minimum atomic E-state index is -0.965. The molecule has 0 bridgehead atoms. The summed E-state index contributed by atoms with van der Waals surface area (Å²) in [7, 11) is 0. The van der Waals surface area contributed by atoms with E-state index < -0.39 is 17.2 Å². The third kappa shape index (κ3) is 5.38. The molecule has 0 saturated heterocycles. The van der Waals surface area contributed by atoms with Crippen LogP contribution in [0.3, 0.4) is 0 Å². The van der Waals surface area contributed by atoms with E-state index in [0.29, 0.717) is 0 Å². The van der Waals surface area contributed by atoms with E-state index in [1.807, 2.05) is 27.7 Å². The first-order valence-corrected chi connectivity index (χ1v) is 6.98. The van der Waals surface area contributed by atoms with Gasteiger partial charge < -0.3 is 10.3 Å². The van der Waals surface area contributed by atoms with Crippen LogP contribution in [0.5, 0.6) is 0 Å². The van der Waals surface area contributed by atoms with Gasteiger partial charge in [-0.05, 0) is 30.7 Å². The second-order valence-corrected chi connectivity index (χ2v) is 3.64. The Morgan fingerprint density at radius 1 is 1.00 bits per heavy atom. The van der Waals surface area contributed by atoms with Crippen molar-refractivity contribution in [3.05, 3.63) is 58.0 Å². The first-order chi connectivity index (χ1) is 10.1. The molecule has 0 unspecified atom stereocenters. The smallest absolute Gasteiger partial charge is 0.286 e. The number of hydrogen-bond donors (Lipinski definition) is 2. The summed E-state index contributed by atoms with van der Waals surface area (Å²) in [4.78, 5) is 13.2. The molecular formula is C16H22F2N2O. The number of benzene rings is 1. The predicted octanol–water partition coefficient (Wildman–Crippen LogP) is 4.76. The van der Waals surface area contributed by atoms with Gasteiger partial charge in [-0.25, -0.2) is 4.39 Å². The number of nitrogens with one attached hydrogen (secondary N) is 2. The molecule has 1 aromatic carbocycles. The lowest BCUT2D eigenvalue weighted by Crippen LogP contribution is -2.12. The fourth-order valence-corrected chi connectivity index (χ4v) is 1.42. The maximum absolute atomic E-state index is 13.5. The number of halogens is 2. The van der Waals surface area contributed by atoms with Gasteiger partial charge in [0.2, 0.25) is 5.82 Å². The summed E-state index contributed by atoms with van der Waals surface area (Å²) in [6.45, 7) is 9.75. The van der Waals surface area contributed by atoms with Crippen molar-refractivity contribution >= 4 is 11.4 Å². The molecule has 0 fully saturated rings. The summed E-state index contributed by atoms with van der Waals surface area (Å²) >= 11 is 0. The van der Waals surface area contributed by atoms with Gasteiger partial charge in [-0.15, -0.1) is 0 Å². The third-order valence-corrected chi connectivity index (χ3v) is 2.29. The Bertz CT molecular complexity index is 609. The van der Waals surface area contributed by atoms with Crippen molar-refractivity contribution in [2.45, 2.75) is 34.6 Å². The SMILES string of the molecule is CC.CC.Cc1ccc(Nc2cc[nH]c(=O)c2F)c(F)c1. The fraction of sp³-hybridized carbons (Fsp3) is 0.312. The van der Waals surface area contributed by atoms with Crippen LogP contribution in [0.4, 0.5) is 20.2 Å². The van der Waals surface area contributed by atoms with Crippen LogP contribution >= 0.6 is 0 Å². The van der Waals surface area contributed by atoms with E-state index in [2.05, 4.69) is 10.3 Å². The van der Waals surface area contributed by atoms with Gasteiger partial charge in [0.15, 0.2) is 0 Å². The summed E-state index contributed by atoms with van der Waals surface area (Å²) in [5.41, 5.74) is -0.0152. The van der Waals surface area contributed by atoms with Crippen molar-refractivity contribution in [2.75, 3.05) is 5.32 Å². The Balaban J connectivity index is 0.000000921. The van der Waals surface area contributed by atoms with Crippen LogP contribution < -0.4 is 10.9 Å². The van der Waals surface area contributed by atoms with Crippen LogP contribution in [0, 0.1) is 18.6 Å². The highest BCUT2D eigenvalue weighted by Gasteiger charge is 2.08. The molecule has 0 aliphatic carbocycles. The van der Waals surface area contributed by atoms with Gasteiger partial charge in [0.1, 0.15) is 5.82 Å². The van der Waals surface area contributed by atoms with Crippen molar-refractivity contribution in [1.29, 1.82) is 0 Å². The van der Waals surface area contributed by atoms with Crippen LogP contribution in [0.1, 0.15) is 33.3 Å². The molecule has 0 aliphatic heterocycles. The Morgan fingerprint density at radius 2 is 1.62 bits per heavy atom. The summed E-state index contributed by atoms with van der Waals surface area (Å²) < 4.78 is 26.9. The highest BCUT2D eigenvalue weighted by atomic mass is 19.1. The van der Waals surface area contributed by atoms with E-state index in [1.165, 1.54) is 24.4 Å². The molecule has 116 valence electrons. The minimum absolute atomic E-state index is 0.0588. The number of rotatable bonds is 2. The number of anilines is 2. The van der Waals surface area contributed by atoms with Gasteiger partial charge in [0.25, 0.3) is 5.56 Å². The predicted molar refractivity (Wildman–Crippen MR) is 84.1 cm³/mol. The average Bonchev–Trinajstić information content (AvgIpc) is 2.50. The zero-order valence-corrected chi connectivity index (χ0v) is 13.1. The lowest BCUT2D eigenvalue weighted by molar-refractivity contribution is 0.611. The van der Waals surface area contributed by atoms with Crippen LogP contribution in [-0.4, -0.2) is 4.98 Å². The van der Waals surface area contributed by atoms with Crippen LogP contribution in [0.2, 0.25) is 0 Å². The molecule has 0 spiro atoms. The lowest BCUT2D eigenvalue weighted by atomic mass is 10.2. The van der Waals surface area contributed by atoms with Gasteiger partial charge in [0, 0.05) is 6.20 Å². The van der Waals surface area contributed by atoms with Gasteiger partial charge in [0.05, 0.1) is 11.4 Å². The molecule has 0 saturated carbocycles. The molecule has 21 heavy (non-hydrogen) atoms. The first-order valence-electron chi connectivity index (χ1n) is 6.98. The zero-order valence-electron chi connectivity index (χ0n) is 13.1. The van der Waals surface area contributed by atoms with Gasteiger partial charge >= 0.3 is 0 Å². The standard InChI is InChI=1S/C12H10F2N2O.2C2H6/c1-7-2-3-9(8(13)6-7)16-10-4-5-15-12(17)11(10)14;2*1-2/h2-6H,1H3,(H2,15,16,17);2*1-2H3. The Morgan fingerprint density at radius 3 is 2.19 bits per heavy atom. The zero-order chi connectivity index (χ0) is 16.4. The molecule has 2 N–H and O–H groups in total. The largest absolute Gasteiger partial charge is 0.351 e.